The maximum absolute atomic E-state index is 15.0. The summed E-state index contributed by atoms with van der Waals surface area (Å²) < 4.78 is 35.4. The third-order valence-corrected chi connectivity index (χ3v) is 13.5. The molecule has 2 saturated carbocycles. The summed E-state index contributed by atoms with van der Waals surface area (Å²) in [5.41, 5.74) is 5.28. The van der Waals surface area contributed by atoms with Crippen LogP contribution in [0.4, 0.5) is 4.39 Å². The monoisotopic (exact) mass is 851 g/mol. The van der Waals surface area contributed by atoms with Crippen LogP contribution >= 0.6 is 0 Å². The van der Waals surface area contributed by atoms with Crippen molar-refractivity contribution in [3.63, 3.8) is 0 Å². The van der Waals surface area contributed by atoms with Gasteiger partial charge in [0, 0.05) is 49.8 Å². The third-order valence-electron chi connectivity index (χ3n) is 13.5. The molecule has 1 aliphatic heterocycles. The number of pyridine rings is 1. The van der Waals surface area contributed by atoms with Crippen LogP contribution in [-0.4, -0.2) is 70.0 Å². The van der Waals surface area contributed by atoms with Gasteiger partial charge in [-0.15, -0.1) is 6.58 Å². The lowest BCUT2D eigenvalue weighted by molar-refractivity contribution is -0.258. The summed E-state index contributed by atoms with van der Waals surface area (Å²) in [7, 11) is 0. The molecule has 10 nitrogen and oxygen atoms in total. The molecule has 0 radical (unpaired) electrons. The van der Waals surface area contributed by atoms with Gasteiger partial charge in [-0.3, -0.25) is 9.78 Å². The third kappa shape index (κ3) is 10.4. The van der Waals surface area contributed by atoms with E-state index >= 15 is 4.79 Å². The molecule has 11 heteroatoms. The molecule has 2 fully saturated rings. The van der Waals surface area contributed by atoms with Crippen molar-refractivity contribution in [2.75, 3.05) is 26.4 Å². The predicted octanol–water partition coefficient (Wildman–Crippen LogP) is 9.76. The van der Waals surface area contributed by atoms with Crippen LogP contribution in [0.2, 0.25) is 0 Å². The number of hydrogen-bond acceptors (Lipinski definition) is 9. The van der Waals surface area contributed by atoms with Crippen LogP contribution in [0.3, 0.4) is 0 Å². The largest absolute Gasteiger partial charge is 0.487 e. The first kappa shape index (κ1) is 45.4. The number of carbonyl (C=O) groups excluding carboxylic acids is 1. The van der Waals surface area contributed by atoms with Crippen molar-refractivity contribution in [3.8, 4) is 11.5 Å². The number of halogens is 1. The lowest BCUT2D eigenvalue weighted by Gasteiger charge is -2.60. The molecule has 334 valence electrons. The Kier molecular flexibility index (Phi) is 15.9. The highest BCUT2D eigenvalue weighted by molar-refractivity contribution is 6.03. The maximum atomic E-state index is 15.0. The Hall–Kier alpha value is -4.58. The number of amides is 1. The number of aliphatic hydroxyl groups excluding tert-OH is 2. The number of nitrogens with zero attached hydrogens (tertiary/aromatic N) is 3. The van der Waals surface area contributed by atoms with E-state index in [0.717, 1.165) is 78.7 Å². The average molecular weight is 852 g/mol. The first-order valence-electron chi connectivity index (χ1n) is 23.1. The van der Waals surface area contributed by atoms with Gasteiger partial charge < -0.3 is 34.2 Å². The van der Waals surface area contributed by atoms with Gasteiger partial charge in [0.1, 0.15) is 36.6 Å². The van der Waals surface area contributed by atoms with Gasteiger partial charge in [0.05, 0.1) is 23.9 Å². The van der Waals surface area contributed by atoms with E-state index < -0.39 is 17.7 Å². The highest BCUT2D eigenvalue weighted by Crippen LogP contribution is 2.62. The van der Waals surface area contributed by atoms with E-state index in [-0.39, 0.29) is 55.8 Å². The van der Waals surface area contributed by atoms with Crippen LogP contribution in [-0.2, 0) is 27.5 Å². The van der Waals surface area contributed by atoms with Crippen molar-refractivity contribution in [1.82, 2.24) is 9.88 Å². The first-order chi connectivity index (χ1) is 30.3. The second-order valence-electron chi connectivity index (χ2n) is 17.6. The van der Waals surface area contributed by atoms with E-state index in [0.29, 0.717) is 56.3 Å². The van der Waals surface area contributed by atoms with Crippen molar-refractivity contribution >= 4 is 11.6 Å². The molecule has 6 atom stereocenters. The Morgan fingerprint density at radius 2 is 1.81 bits per heavy atom. The summed E-state index contributed by atoms with van der Waals surface area (Å²) in [6.45, 7) is 9.22. The summed E-state index contributed by atoms with van der Waals surface area (Å²) >= 11 is 0. The van der Waals surface area contributed by atoms with Crippen molar-refractivity contribution in [2.45, 2.75) is 128 Å². The SMILES string of the molecule is C=CCOC12Oc3ccc(OCc4cccc(C)n4)cc3C3C(CCCCO)C(CCCCO)C=C(C(=NOCC)CC1N(Cc1ccc(F)cc1)C(=O)CCC1CCCC1)C32. The summed E-state index contributed by atoms with van der Waals surface area (Å²) in [6, 6.07) is 17.6. The minimum absolute atomic E-state index is 0.00682. The summed E-state index contributed by atoms with van der Waals surface area (Å²) in [4.78, 5) is 27.5. The van der Waals surface area contributed by atoms with E-state index in [2.05, 4.69) is 23.7 Å². The highest BCUT2D eigenvalue weighted by atomic mass is 19.1. The number of allylic oxidation sites excluding steroid dienone is 1. The molecule has 0 bridgehead atoms. The Morgan fingerprint density at radius 3 is 2.53 bits per heavy atom. The van der Waals surface area contributed by atoms with Crippen molar-refractivity contribution in [3.05, 3.63) is 113 Å². The Morgan fingerprint density at radius 1 is 1.03 bits per heavy atom. The molecule has 2 N–H and O–H groups in total. The zero-order valence-corrected chi connectivity index (χ0v) is 36.7. The Balaban J connectivity index is 1.41. The second-order valence-corrected chi connectivity index (χ2v) is 17.6. The molecule has 6 unspecified atom stereocenters. The zero-order chi connectivity index (χ0) is 43.5. The summed E-state index contributed by atoms with van der Waals surface area (Å²) in [5.74, 6) is -0.310. The number of aliphatic hydroxyl groups is 2. The van der Waals surface area contributed by atoms with Gasteiger partial charge in [-0.1, -0.05) is 74.0 Å². The molecule has 4 aliphatic rings. The molecule has 0 saturated heterocycles. The van der Waals surface area contributed by atoms with E-state index in [9.17, 15) is 14.6 Å². The van der Waals surface area contributed by atoms with Crippen molar-refractivity contribution in [2.24, 2.45) is 28.8 Å². The molecular formula is C51H66FN3O7. The van der Waals surface area contributed by atoms with Crippen LogP contribution in [0.5, 0.6) is 11.5 Å². The molecule has 62 heavy (non-hydrogen) atoms. The molecule has 2 heterocycles. The summed E-state index contributed by atoms with van der Waals surface area (Å²) in [5, 5.41) is 24.7. The predicted molar refractivity (Wildman–Crippen MR) is 238 cm³/mol. The lowest BCUT2D eigenvalue weighted by Crippen LogP contribution is -2.70. The van der Waals surface area contributed by atoms with Crippen molar-refractivity contribution < 1.29 is 38.4 Å². The fraction of sp³-hybridized carbons (Fsp3) is 0.549. The number of ether oxygens (including phenoxy) is 3. The molecule has 0 spiro atoms. The Labute approximate surface area is 367 Å². The molecule has 2 aromatic carbocycles. The van der Waals surface area contributed by atoms with E-state index in [1.807, 2.05) is 49.1 Å². The number of fused-ring (bicyclic) bond motifs is 2. The number of unbranched alkanes of at least 4 members (excludes halogenated alkanes) is 2. The number of hydrogen-bond donors (Lipinski definition) is 2. The van der Waals surface area contributed by atoms with Gasteiger partial charge in [0.2, 0.25) is 11.7 Å². The van der Waals surface area contributed by atoms with Gasteiger partial charge in [0.25, 0.3) is 0 Å². The number of aryl methyl sites for hydroxylation is 1. The number of carbonyl (C=O) groups is 1. The minimum atomic E-state index is -1.38. The maximum Gasteiger partial charge on any atom is 0.239 e. The fourth-order valence-corrected chi connectivity index (χ4v) is 10.6. The van der Waals surface area contributed by atoms with E-state index in [1.165, 1.54) is 25.0 Å². The second kappa shape index (κ2) is 21.7. The standard InChI is InChI=1S/C51H66FN3O7/c1-4-29-60-51-47(55(33-37-19-22-39(52)23-20-37)48(58)26-21-36-14-6-7-15-36)32-45(54-61-5-2)43-30-38(16-8-10-27-56)42(18-9-11-28-57)49(50(43)51)44-31-41(24-25-46(44)62-51)59-34-40-17-12-13-35(3)53-40/h4,12-13,17,19-20,22-25,30-31,36,38,42,47,49-50,56-57H,1,5-11,14-16,18,21,26-29,32-34H2,2-3H3. The van der Waals surface area contributed by atoms with Gasteiger partial charge in [-0.2, -0.15) is 0 Å². The highest BCUT2D eigenvalue weighted by Gasteiger charge is 2.65. The molecule has 7 rings (SSSR count). The number of benzene rings is 2. The van der Waals surface area contributed by atoms with Crippen molar-refractivity contribution in [1.29, 1.82) is 0 Å². The number of aromatic nitrogens is 1. The summed E-state index contributed by atoms with van der Waals surface area (Å²) in [6.07, 6.45) is 14.9. The number of rotatable bonds is 22. The normalized spacial score (nSPS) is 24.8. The molecule has 1 aromatic heterocycles. The molecule has 3 aromatic rings. The fourth-order valence-electron chi connectivity index (χ4n) is 10.6. The van der Waals surface area contributed by atoms with Gasteiger partial charge in [-0.05, 0) is 117 Å². The Bertz CT molecular complexity index is 2020. The van der Waals surface area contributed by atoms with E-state index in [1.54, 1.807) is 18.2 Å². The molecule has 1 amide bonds. The van der Waals surface area contributed by atoms with Crippen LogP contribution in [0, 0.1) is 36.4 Å². The van der Waals surface area contributed by atoms with Crippen LogP contribution in [0.15, 0.2) is 90.1 Å². The number of oxime groups is 1. The average Bonchev–Trinajstić information content (AvgIpc) is 3.81. The van der Waals surface area contributed by atoms with Gasteiger partial charge in [0.15, 0.2) is 0 Å². The zero-order valence-electron chi connectivity index (χ0n) is 36.7. The minimum Gasteiger partial charge on any atom is -0.487 e. The van der Waals surface area contributed by atoms with Crippen LogP contribution in [0.25, 0.3) is 0 Å². The molecular weight excluding hydrogens is 786 g/mol. The van der Waals surface area contributed by atoms with Gasteiger partial charge in [-0.25, -0.2) is 4.39 Å². The van der Waals surface area contributed by atoms with Crippen LogP contribution < -0.4 is 9.47 Å². The topological polar surface area (TPSA) is 123 Å². The van der Waals surface area contributed by atoms with Crippen LogP contribution in [0.1, 0.15) is 119 Å². The van der Waals surface area contributed by atoms with E-state index in [4.69, 9.17) is 24.2 Å². The quantitative estimate of drug-likeness (QED) is 0.0582. The lowest BCUT2D eigenvalue weighted by atomic mass is 9.55. The first-order valence-corrected chi connectivity index (χ1v) is 23.1. The smallest absolute Gasteiger partial charge is 0.239 e. The molecule has 3 aliphatic carbocycles. The van der Waals surface area contributed by atoms with Gasteiger partial charge >= 0.3 is 0 Å².